The molecule has 0 N–H and O–H groups in total. The molecule has 0 bridgehead atoms. The summed E-state index contributed by atoms with van der Waals surface area (Å²) in [7, 11) is 0. The van der Waals surface area contributed by atoms with Crippen molar-refractivity contribution in [2.45, 2.75) is 58.5 Å². The third kappa shape index (κ3) is 5.61. The Hall–Kier alpha value is -4.44. The SMILES string of the molecule is C=CCc1ccc(C(C)(CC(C)C)c2ccc(CC=C)c3c2CN(c2ccccc2)CO3)c2c1OCN(c1ccccc1)C2. The largest absolute Gasteiger partial charge is 0.472 e. The highest BCUT2D eigenvalue weighted by Crippen LogP contribution is 2.49. The predicted octanol–water partition coefficient (Wildman–Crippen LogP) is 9.21. The Morgan fingerprint density at radius 2 is 1.11 bits per heavy atom. The second kappa shape index (κ2) is 12.7. The van der Waals surface area contributed by atoms with Gasteiger partial charge in [-0.05, 0) is 71.7 Å². The Bertz CT molecular complexity index is 1510. The van der Waals surface area contributed by atoms with Gasteiger partial charge in [-0.1, -0.05) is 93.6 Å². The highest BCUT2D eigenvalue weighted by Gasteiger charge is 2.39. The Morgan fingerprint density at radius 1 is 0.682 bits per heavy atom. The molecule has 2 heterocycles. The number of anilines is 2. The number of rotatable bonds is 10. The summed E-state index contributed by atoms with van der Waals surface area (Å²) in [6.07, 6.45) is 6.49. The number of hydrogen-bond acceptors (Lipinski definition) is 4. The van der Waals surface area contributed by atoms with Crippen LogP contribution >= 0.6 is 0 Å². The van der Waals surface area contributed by atoms with E-state index >= 15 is 0 Å². The zero-order chi connectivity index (χ0) is 30.7. The molecule has 0 unspecified atom stereocenters. The smallest absolute Gasteiger partial charge is 0.161 e. The molecule has 0 saturated heterocycles. The third-order valence-electron chi connectivity index (χ3n) is 9.09. The van der Waals surface area contributed by atoms with Crippen LogP contribution in [0.1, 0.15) is 60.6 Å². The average Bonchev–Trinajstić information content (AvgIpc) is 3.05. The van der Waals surface area contributed by atoms with E-state index in [4.69, 9.17) is 9.47 Å². The van der Waals surface area contributed by atoms with Crippen molar-refractivity contribution in [2.24, 2.45) is 5.92 Å². The lowest BCUT2D eigenvalue weighted by Crippen LogP contribution is -2.38. The minimum atomic E-state index is -0.284. The van der Waals surface area contributed by atoms with E-state index in [9.17, 15) is 0 Å². The average molecular weight is 585 g/mol. The van der Waals surface area contributed by atoms with E-state index in [1.807, 2.05) is 12.2 Å². The predicted molar refractivity (Wildman–Crippen MR) is 183 cm³/mol. The number of hydrogen-bond donors (Lipinski definition) is 0. The summed E-state index contributed by atoms with van der Waals surface area (Å²) in [5.41, 5.74) is 9.62. The molecule has 0 saturated carbocycles. The van der Waals surface area contributed by atoms with Crippen molar-refractivity contribution >= 4 is 11.4 Å². The van der Waals surface area contributed by atoms with Gasteiger partial charge in [-0.3, -0.25) is 0 Å². The van der Waals surface area contributed by atoms with Crippen molar-refractivity contribution in [3.8, 4) is 11.5 Å². The molecule has 0 atom stereocenters. The number of nitrogens with zero attached hydrogens (tertiary/aromatic N) is 2. The number of benzene rings is 4. The maximum absolute atomic E-state index is 6.62. The lowest BCUT2D eigenvalue weighted by Gasteiger charge is -2.42. The lowest BCUT2D eigenvalue weighted by atomic mass is 9.67. The van der Waals surface area contributed by atoms with Gasteiger partial charge >= 0.3 is 0 Å². The second-order valence-electron chi connectivity index (χ2n) is 12.7. The first-order valence-corrected chi connectivity index (χ1v) is 15.8. The van der Waals surface area contributed by atoms with Crippen LogP contribution in [-0.4, -0.2) is 13.5 Å². The fraction of sp³-hybridized carbons (Fsp3) is 0.300. The van der Waals surface area contributed by atoms with E-state index in [0.29, 0.717) is 19.4 Å². The molecule has 44 heavy (non-hydrogen) atoms. The fourth-order valence-electron chi connectivity index (χ4n) is 7.24. The van der Waals surface area contributed by atoms with Crippen LogP contribution in [0, 0.1) is 5.92 Å². The van der Waals surface area contributed by atoms with Gasteiger partial charge in [0.15, 0.2) is 13.5 Å². The van der Waals surface area contributed by atoms with Crippen LogP contribution in [0.2, 0.25) is 0 Å². The molecule has 4 nitrogen and oxygen atoms in total. The minimum absolute atomic E-state index is 0.284. The van der Waals surface area contributed by atoms with Crippen LogP contribution in [0.4, 0.5) is 11.4 Å². The van der Waals surface area contributed by atoms with E-state index in [1.54, 1.807) is 0 Å². The Kier molecular flexibility index (Phi) is 8.52. The van der Waals surface area contributed by atoms with Gasteiger partial charge in [0.1, 0.15) is 11.5 Å². The van der Waals surface area contributed by atoms with Crippen molar-refractivity contribution in [3.63, 3.8) is 0 Å². The van der Waals surface area contributed by atoms with Gasteiger partial charge in [-0.15, -0.1) is 13.2 Å². The highest BCUT2D eigenvalue weighted by molar-refractivity contribution is 5.62. The molecule has 0 radical (unpaired) electrons. The van der Waals surface area contributed by atoms with E-state index in [0.717, 1.165) is 43.9 Å². The zero-order valence-corrected chi connectivity index (χ0v) is 26.4. The van der Waals surface area contributed by atoms with E-state index < -0.39 is 0 Å². The molecular weight excluding hydrogens is 540 g/mol. The van der Waals surface area contributed by atoms with Crippen LogP contribution in [-0.2, 0) is 31.3 Å². The molecule has 2 aliphatic heterocycles. The zero-order valence-electron chi connectivity index (χ0n) is 26.4. The molecule has 4 heteroatoms. The molecule has 0 fully saturated rings. The summed E-state index contributed by atoms with van der Waals surface area (Å²) >= 11 is 0. The van der Waals surface area contributed by atoms with Crippen LogP contribution < -0.4 is 19.3 Å². The summed E-state index contributed by atoms with van der Waals surface area (Å²) < 4.78 is 13.2. The summed E-state index contributed by atoms with van der Waals surface area (Å²) in [4.78, 5) is 4.67. The molecule has 0 aliphatic carbocycles. The van der Waals surface area contributed by atoms with Crippen molar-refractivity contribution in [2.75, 3.05) is 23.3 Å². The molecule has 0 aromatic heterocycles. The molecule has 2 aliphatic rings. The first kappa shape index (κ1) is 29.6. The third-order valence-corrected chi connectivity index (χ3v) is 9.09. The molecular formula is C40H44N2O2. The van der Waals surface area contributed by atoms with Crippen molar-refractivity contribution in [3.05, 3.63) is 144 Å². The van der Waals surface area contributed by atoms with E-state index in [2.05, 4.69) is 129 Å². The highest BCUT2D eigenvalue weighted by atomic mass is 16.5. The van der Waals surface area contributed by atoms with Gasteiger partial charge in [0.2, 0.25) is 0 Å². The van der Waals surface area contributed by atoms with Gasteiger partial charge in [-0.2, -0.15) is 0 Å². The number of ether oxygens (including phenoxy) is 2. The Labute approximate surface area is 263 Å². The molecule has 6 rings (SSSR count). The van der Waals surface area contributed by atoms with Crippen molar-refractivity contribution in [1.82, 2.24) is 0 Å². The first-order valence-electron chi connectivity index (χ1n) is 15.8. The Balaban J connectivity index is 1.53. The summed E-state index contributed by atoms with van der Waals surface area (Å²) in [6.45, 7) is 17.8. The van der Waals surface area contributed by atoms with Gasteiger partial charge < -0.3 is 19.3 Å². The van der Waals surface area contributed by atoms with Gasteiger partial charge in [-0.25, -0.2) is 0 Å². The van der Waals surface area contributed by atoms with Crippen LogP contribution in [0.15, 0.2) is 110 Å². The van der Waals surface area contributed by atoms with Crippen LogP contribution in [0.5, 0.6) is 11.5 Å². The maximum Gasteiger partial charge on any atom is 0.161 e. The van der Waals surface area contributed by atoms with Crippen LogP contribution in [0.3, 0.4) is 0 Å². The van der Waals surface area contributed by atoms with Crippen molar-refractivity contribution in [1.29, 1.82) is 0 Å². The summed E-state index contributed by atoms with van der Waals surface area (Å²) in [6, 6.07) is 30.4. The molecule has 4 aromatic rings. The first-order chi connectivity index (χ1) is 21.4. The number of fused-ring (bicyclic) bond motifs is 2. The molecule has 226 valence electrons. The monoisotopic (exact) mass is 584 g/mol. The minimum Gasteiger partial charge on any atom is -0.472 e. The number of para-hydroxylation sites is 2. The lowest BCUT2D eigenvalue weighted by molar-refractivity contribution is 0.280. The normalized spacial score (nSPS) is 14.4. The number of allylic oxidation sites excluding steroid dienone is 2. The second-order valence-corrected chi connectivity index (χ2v) is 12.7. The summed E-state index contributed by atoms with van der Waals surface area (Å²) in [5, 5.41) is 0. The molecule has 0 amide bonds. The standard InChI is InChI=1S/C40H44N2O2/c1-6-14-30-20-22-36(34-25-41(27-43-38(30)34)32-16-10-8-11-17-32)40(5,24-29(3)4)37-23-21-31(15-7-2)39-35(37)26-42(28-44-39)33-18-12-9-13-19-33/h6-13,16-23,29H,1-2,14-15,24-28H2,3-5H3. The van der Waals surface area contributed by atoms with Gasteiger partial charge in [0.05, 0.1) is 13.1 Å². The van der Waals surface area contributed by atoms with Crippen molar-refractivity contribution < 1.29 is 9.47 Å². The molecule has 4 aromatic carbocycles. The fourth-order valence-corrected chi connectivity index (χ4v) is 7.24. The quantitative estimate of drug-likeness (QED) is 0.174. The van der Waals surface area contributed by atoms with Gasteiger partial charge in [0.25, 0.3) is 0 Å². The molecule has 0 spiro atoms. The van der Waals surface area contributed by atoms with Crippen LogP contribution in [0.25, 0.3) is 0 Å². The summed E-state index contributed by atoms with van der Waals surface area (Å²) in [5.74, 6) is 2.50. The maximum atomic E-state index is 6.62. The topological polar surface area (TPSA) is 24.9 Å². The van der Waals surface area contributed by atoms with E-state index in [-0.39, 0.29) is 5.41 Å². The Morgan fingerprint density at radius 3 is 1.50 bits per heavy atom. The van der Waals surface area contributed by atoms with Gasteiger partial charge in [0, 0.05) is 27.9 Å². The van der Waals surface area contributed by atoms with E-state index in [1.165, 1.54) is 44.8 Å².